The predicted molar refractivity (Wildman–Crippen MR) is 196 cm³/mol. The third-order valence-corrected chi connectivity index (χ3v) is 11.3. The van der Waals surface area contributed by atoms with E-state index in [-0.39, 0.29) is 35.5 Å². The van der Waals surface area contributed by atoms with Gasteiger partial charge in [0, 0.05) is 46.1 Å². The van der Waals surface area contributed by atoms with E-state index in [0.29, 0.717) is 57.2 Å². The number of hydrogen-bond acceptors (Lipinski definition) is 4. The van der Waals surface area contributed by atoms with E-state index in [1.807, 2.05) is 31.2 Å². The van der Waals surface area contributed by atoms with Crippen molar-refractivity contribution in [1.29, 1.82) is 0 Å². The highest BCUT2D eigenvalue weighted by Gasteiger charge is 2.38. The molecule has 0 fully saturated rings. The number of aryl methyl sites for hydroxylation is 1. The van der Waals surface area contributed by atoms with E-state index in [1.54, 1.807) is 12.1 Å². The Kier molecular flexibility index (Phi) is 8.39. The Hall–Kier alpha value is -4.83. The number of fused-ring (bicyclic) bond motifs is 2. The second kappa shape index (κ2) is 12.6. The lowest BCUT2D eigenvalue weighted by atomic mass is 9.80. The van der Waals surface area contributed by atoms with Gasteiger partial charge in [0.05, 0.1) is 6.57 Å². The molecular formula is C42H43N3O4. The van der Waals surface area contributed by atoms with Crippen molar-refractivity contribution in [2.75, 3.05) is 13.1 Å². The minimum absolute atomic E-state index is 0.210. The smallest absolute Gasteiger partial charge is 0.261 e. The molecule has 2 heterocycles. The van der Waals surface area contributed by atoms with E-state index in [4.69, 9.17) is 6.57 Å². The largest absolute Gasteiger partial charge is 0.274 e. The Labute approximate surface area is 287 Å². The van der Waals surface area contributed by atoms with Crippen molar-refractivity contribution in [2.24, 2.45) is 11.8 Å². The topological polar surface area (TPSA) is 79.1 Å². The molecule has 49 heavy (non-hydrogen) atoms. The Morgan fingerprint density at radius 2 is 1.04 bits per heavy atom. The Morgan fingerprint density at radius 3 is 1.51 bits per heavy atom. The molecule has 2 aliphatic heterocycles. The van der Waals surface area contributed by atoms with Gasteiger partial charge in [0.25, 0.3) is 23.6 Å². The monoisotopic (exact) mass is 653 g/mol. The van der Waals surface area contributed by atoms with E-state index in [9.17, 15) is 19.2 Å². The quantitative estimate of drug-likeness (QED) is 0.0581. The second-order valence-electron chi connectivity index (χ2n) is 14.1. The summed E-state index contributed by atoms with van der Waals surface area (Å²) in [5.41, 5.74) is 3.04. The van der Waals surface area contributed by atoms with Crippen LogP contribution in [0.5, 0.6) is 0 Å². The lowest BCUT2D eigenvalue weighted by molar-refractivity contribution is 0.0565. The van der Waals surface area contributed by atoms with Gasteiger partial charge in [0.15, 0.2) is 5.69 Å². The molecule has 0 aliphatic carbocycles. The molecule has 2 aliphatic rings. The van der Waals surface area contributed by atoms with Crippen molar-refractivity contribution in [3.63, 3.8) is 0 Å². The van der Waals surface area contributed by atoms with E-state index in [2.05, 4.69) is 32.5 Å². The van der Waals surface area contributed by atoms with Crippen LogP contribution in [0.25, 0.3) is 47.9 Å². The molecule has 250 valence electrons. The summed E-state index contributed by atoms with van der Waals surface area (Å²) in [6.07, 6.45) is 7.88. The average Bonchev–Trinajstić information content (AvgIpc) is 3.11. The first kappa shape index (κ1) is 32.7. The molecule has 0 spiro atoms. The highest BCUT2D eigenvalue weighted by Crippen LogP contribution is 2.50. The summed E-state index contributed by atoms with van der Waals surface area (Å²) in [6, 6.07) is 11.0. The first-order chi connectivity index (χ1) is 23.7. The fourth-order valence-corrected chi connectivity index (χ4v) is 8.52. The molecule has 7 nitrogen and oxygen atoms in total. The van der Waals surface area contributed by atoms with Gasteiger partial charge >= 0.3 is 0 Å². The van der Waals surface area contributed by atoms with Crippen LogP contribution in [-0.2, 0) is 0 Å². The second-order valence-corrected chi connectivity index (χ2v) is 14.1. The predicted octanol–water partition coefficient (Wildman–Crippen LogP) is 10.2. The van der Waals surface area contributed by atoms with E-state index in [0.717, 1.165) is 83.9 Å². The van der Waals surface area contributed by atoms with E-state index < -0.39 is 0 Å². The molecule has 0 saturated carbocycles. The van der Waals surface area contributed by atoms with E-state index in [1.165, 1.54) is 9.80 Å². The van der Waals surface area contributed by atoms with Crippen molar-refractivity contribution >= 4 is 72.4 Å². The number of imide groups is 2. The molecular weight excluding hydrogens is 610 g/mol. The van der Waals surface area contributed by atoms with Crippen molar-refractivity contribution < 1.29 is 19.2 Å². The Bertz CT molecular complexity index is 2260. The number of rotatable bonds is 12. The molecule has 0 aromatic heterocycles. The summed E-state index contributed by atoms with van der Waals surface area (Å²) in [5, 5.41) is 5.79. The number of carbonyl (C=O) groups is 4. The van der Waals surface area contributed by atoms with Gasteiger partial charge in [-0.1, -0.05) is 78.4 Å². The van der Waals surface area contributed by atoms with Gasteiger partial charge in [-0.05, 0) is 93.7 Å². The maximum Gasteiger partial charge on any atom is 0.261 e. The summed E-state index contributed by atoms with van der Waals surface area (Å²) < 4.78 is 0. The SMILES string of the molecule is [C-]#[N+]c1cc2c3c(ccc4c5c(C)cc6c7c(ccc(c1c34)c75)C(=O)N(CC(CC)CCCC)C6=O)C(=O)N(CC(CC)CCCC)C2=O. The maximum atomic E-state index is 14.2. The zero-order valence-electron chi connectivity index (χ0n) is 29.2. The molecule has 5 aromatic rings. The van der Waals surface area contributed by atoms with Crippen LogP contribution >= 0.6 is 0 Å². The lowest BCUT2D eigenvalue weighted by Crippen LogP contribution is -2.43. The molecule has 2 unspecified atom stereocenters. The zero-order chi connectivity index (χ0) is 34.7. The van der Waals surface area contributed by atoms with Gasteiger partial charge in [0.1, 0.15) is 0 Å². The minimum atomic E-state index is -0.352. The number of nitrogens with zero attached hydrogens (tertiary/aromatic N) is 3. The highest BCUT2D eigenvalue weighted by molar-refractivity contribution is 6.43. The van der Waals surface area contributed by atoms with Crippen molar-refractivity contribution in [3.8, 4) is 0 Å². The van der Waals surface area contributed by atoms with Gasteiger partial charge in [0.2, 0.25) is 0 Å². The normalized spacial score (nSPS) is 15.8. The molecule has 0 bridgehead atoms. The molecule has 4 amide bonds. The van der Waals surface area contributed by atoms with Crippen molar-refractivity contribution in [1.82, 2.24) is 9.80 Å². The zero-order valence-corrected chi connectivity index (χ0v) is 29.2. The molecule has 2 atom stereocenters. The Balaban J connectivity index is 1.46. The van der Waals surface area contributed by atoms with Crippen LogP contribution in [0.1, 0.15) is 126 Å². The molecule has 7 heteroatoms. The molecule has 5 aromatic carbocycles. The van der Waals surface area contributed by atoms with Crippen LogP contribution in [0.2, 0.25) is 0 Å². The minimum Gasteiger partial charge on any atom is -0.274 e. The van der Waals surface area contributed by atoms with Gasteiger partial charge in [-0.25, -0.2) is 4.85 Å². The lowest BCUT2D eigenvalue weighted by Gasteiger charge is -2.33. The first-order valence-electron chi connectivity index (χ1n) is 18.0. The number of unbranched alkanes of at least 4 members (excludes halogenated alkanes) is 2. The van der Waals surface area contributed by atoms with E-state index >= 15 is 0 Å². The fraction of sp³-hybridized carbons (Fsp3) is 0.405. The molecule has 7 rings (SSSR count). The average molecular weight is 654 g/mol. The van der Waals surface area contributed by atoms with Crippen LogP contribution in [0, 0.1) is 25.3 Å². The Morgan fingerprint density at radius 1 is 0.592 bits per heavy atom. The number of benzene rings is 5. The maximum absolute atomic E-state index is 14.2. The molecule has 0 N–H and O–H groups in total. The highest BCUT2D eigenvalue weighted by atomic mass is 16.2. The summed E-state index contributed by atoms with van der Waals surface area (Å²) in [7, 11) is 0. The number of hydrogen-bond donors (Lipinski definition) is 0. The summed E-state index contributed by atoms with van der Waals surface area (Å²) >= 11 is 0. The van der Waals surface area contributed by atoms with Gasteiger partial charge in [-0.15, -0.1) is 0 Å². The van der Waals surface area contributed by atoms with Crippen molar-refractivity contribution in [3.05, 3.63) is 75.6 Å². The van der Waals surface area contributed by atoms with Crippen molar-refractivity contribution in [2.45, 2.75) is 86.0 Å². The van der Waals surface area contributed by atoms with Gasteiger partial charge in [-0.3, -0.25) is 29.0 Å². The van der Waals surface area contributed by atoms with Crippen LogP contribution in [0.15, 0.2) is 36.4 Å². The standard InChI is InChI=1S/C42H43N3O4/c1-7-11-13-24(9-3)21-44-39(46)28-18-16-27-36-32(43-6)20-31-35-29(40(47)45(42(31)49)22-25(10-4)14-12-8-2)17-15-26(38(35)36)33-23(5)19-30(41(44)48)34(28)37(27)33/h15-20,24-25H,7-14,21-22H2,1-5H3. The molecule has 0 saturated heterocycles. The third-order valence-electron chi connectivity index (χ3n) is 11.3. The number of carbonyl (C=O) groups excluding carboxylic acids is 4. The third kappa shape index (κ3) is 4.82. The number of amides is 4. The summed E-state index contributed by atoms with van der Waals surface area (Å²) in [6.45, 7) is 19.5. The van der Waals surface area contributed by atoms with Crippen LogP contribution in [0.4, 0.5) is 5.69 Å². The summed E-state index contributed by atoms with van der Waals surface area (Å²) in [4.78, 5) is 63.2. The van der Waals surface area contributed by atoms with Crippen LogP contribution in [0.3, 0.4) is 0 Å². The van der Waals surface area contributed by atoms with Gasteiger partial charge in [-0.2, -0.15) is 0 Å². The first-order valence-corrected chi connectivity index (χ1v) is 18.0. The van der Waals surface area contributed by atoms with Gasteiger partial charge < -0.3 is 0 Å². The molecule has 0 radical (unpaired) electrons. The van der Waals surface area contributed by atoms with Crippen LogP contribution in [-0.4, -0.2) is 46.5 Å². The fourth-order valence-electron chi connectivity index (χ4n) is 8.52. The summed E-state index contributed by atoms with van der Waals surface area (Å²) in [5.74, 6) is -0.760. The van der Waals surface area contributed by atoms with Crippen LogP contribution < -0.4 is 0 Å².